The van der Waals surface area contributed by atoms with E-state index in [4.69, 9.17) is 4.74 Å². The van der Waals surface area contributed by atoms with Crippen molar-refractivity contribution in [1.29, 1.82) is 5.26 Å². The predicted molar refractivity (Wildman–Crippen MR) is 73.0 cm³/mol. The second-order valence-electron chi connectivity index (χ2n) is 4.99. The molecule has 0 heterocycles. The third-order valence-electron chi connectivity index (χ3n) is 3.67. The normalized spacial score (nSPS) is 17.7. The molecule has 1 fully saturated rings. The second-order valence-corrected chi connectivity index (χ2v) is 4.99. The van der Waals surface area contributed by atoms with Crippen molar-refractivity contribution >= 4 is 0 Å². The lowest BCUT2D eigenvalue weighted by molar-refractivity contribution is 0.357. The Morgan fingerprint density at radius 3 is 2.68 bits per heavy atom. The molecule has 19 heavy (non-hydrogen) atoms. The van der Waals surface area contributed by atoms with Crippen LogP contribution < -0.4 is 10.1 Å². The molecule has 4 nitrogen and oxygen atoms in total. The average Bonchev–Trinajstić information content (AvgIpc) is 2.46. The van der Waals surface area contributed by atoms with Crippen molar-refractivity contribution in [1.82, 2.24) is 5.32 Å². The summed E-state index contributed by atoms with van der Waals surface area (Å²) in [6.45, 7) is 0. The van der Waals surface area contributed by atoms with Crippen molar-refractivity contribution in [2.45, 2.75) is 44.2 Å². The van der Waals surface area contributed by atoms with E-state index in [9.17, 15) is 10.4 Å². The molecule has 0 aromatic heterocycles. The topological polar surface area (TPSA) is 65.3 Å². The van der Waals surface area contributed by atoms with E-state index in [2.05, 4.69) is 11.4 Å². The molecule has 102 valence electrons. The highest BCUT2D eigenvalue weighted by molar-refractivity contribution is 5.43. The van der Waals surface area contributed by atoms with Gasteiger partial charge in [0.15, 0.2) is 11.5 Å². The summed E-state index contributed by atoms with van der Waals surface area (Å²) in [4.78, 5) is 0. The molecule has 0 radical (unpaired) electrons. The Balaban J connectivity index is 2.08. The van der Waals surface area contributed by atoms with E-state index in [-0.39, 0.29) is 11.8 Å². The van der Waals surface area contributed by atoms with Crippen LogP contribution in [0.2, 0.25) is 0 Å². The minimum Gasteiger partial charge on any atom is -0.504 e. The van der Waals surface area contributed by atoms with E-state index in [1.807, 2.05) is 6.07 Å². The van der Waals surface area contributed by atoms with Crippen LogP contribution in [-0.4, -0.2) is 18.3 Å². The Hall–Kier alpha value is -1.73. The highest BCUT2D eigenvalue weighted by Crippen LogP contribution is 2.29. The van der Waals surface area contributed by atoms with Gasteiger partial charge in [-0.1, -0.05) is 25.3 Å². The summed E-state index contributed by atoms with van der Waals surface area (Å²) in [6, 6.07) is 7.41. The molecule has 1 aromatic rings. The first kappa shape index (κ1) is 13.7. The zero-order chi connectivity index (χ0) is 13.7. The number of hydrogen-bond acceptors (Lipinski definition) is 4. The molecular formula is C15H20N2O2. The quantitative estimate of drug-likeness (QED) is 0.873. The Labute approximate surface area is 114 Å². The van der Waals surface area contributed by atoms with Gasteiger partial charge in [-0.3, -0.25) is 5.32 Å². The van der Waals surface area contributed by atoms with Gasteiger partial charge in [-0.15, -0.1) is 0 Å². The van der Waals surface area contributed by atoms with Crippen LogP contribution in [-0.2, 0) is 0 Å². The van der Waals surface area contributed by atoms with Gasteiger partial charge in [-0.05, 0) is 30.5 Å². The number of hydrogen-bond donors (Lipinski definition) is 2. The number of aromatic hydroxyl groups is 1. The minimum atomic E-state index is -0.375. The summed E-state index contributed by atoms with van der Waals surface area (Å²) in [6.07, 6.45) is 5.99. The van der Waals surface area contributed by atoms with Crippen LogP contribution in [0.25, 0.3) is 0 Å². The third kappa shape index (κ3) is 3.39. The van der Waals surface area contributed by atoms with E-state index >= 15 is 0 Å². The van der Waals surface area contributed by atoms with E-state index in [0.717, 1.165) is 18.4 Å². The molecular weight excluding hydrogens is 240 g/mol. The van der Waals surface area contributed by atoms with Crippen LogP contribution in [0.1, 0.15) is 43.7 Å². The number of phenols is 1. The molecule has 2 rings (SSSR count). The van der Waals surface area contributed by atoms with Crippen molar-refractivity contribution in [3.8, 4) is 17.6 Å². The lowest BCUT2D eigenvalue weighted by Gasteiger charge is -2.25. The summed E-state index contributed by atoms with van der Waals surface area (Å²) in [5, 5.41) is 22.5. The predicted octanol–water partition coefficient (Wildman–Crippen LogP) is 2.89. The molecule has 2 N–H and O–H groups in total. The first-order valence-corrected chi connectivity index (χ1v) is 6.77. The Morgan fingerprint density at radius 1 is 1.37 bits per heavy atom. The van der Waals surface area contributed by atoms with E-state index in [0.29, 0.717) is 11.8 Å². The van der Waals surface area contributed by atoms with Crippen molar-refractivity contribution in [3.63, 3.8) is 0 Å². The van der Waals surface area contributed by atoms with Crippen LogP contribution in [0.4, 0.5) is 0 Å². The summed E-state index contributed by atoms with van der Waals surface area (Å²) >= 11 is 0. The van der Waals surface area contributed by atoms with Gasteiger partial charge in [0.25, 0.3) is 0 Å². The molecule has 0 aliphatic heterocycles. The molecule has 1 atom stereocenters. The SMILES string of the molecule is COc1ccc(C(C#N)NC2CCCCC2)cc1O. The zero-order valence-electron chi connectivity index (χ0n) is 11.2. The Bertz CT molecular complexity index is 462. The maximum absolute atomic E-state index is 9.78. The second kappa shape index (κ2) is 6.44. The molecule has 1 aromatic carbocycles. The zero-order valence-corrected chi connectivity index (χ0v) is 11.2. The molecule has 1 saturated carbocycles. The van der Waals surface area contributed by atoms with Gasteiger partial charge in [-0.2, -0.15) is 5.26 Å². The lowest BCUT2D eigenvalue weighted by Crippen LogP contribution is -2.33. The number of nitriles is 1. The largest absolute Gasteiger partial charge is 0.504 e. The summed E-state index contributed by atoms with van der Waals surface area (Å²) < 4.78 is 5.01. The van der Waals surface area contributed by atoms with Crippen molar-refractivity contribution in [2.75, 3.05) is 7.11 Å². The van der Waals surface area contributed by atoms with Gasteiger partial charge in [0, 0.05) is 6.04 Å². The minimum absolute atomic E-state index is 0.0747. The fraction of sp³-hybridized carbons (Fsp3) is 0.533. The van der Waals surface area contributed by atoms with E-state index in [1.165, 1.54) is 26.4 Å². The molecule has 0 amide bonds. The number of phenolic OH excluding ortho intramolecular Hbond substituents is 1. The van der Waals surface area contributed by atoms with Crippen LogP contribution in [0, 0.1) is 11.3 Å². The lowest BCUT2D eigenvalue weighted by atomic mass is 9.94. The van der Waals surface area contributed by atoms with Crippen LogP contribution in [0.3, 0.4) is 0 Å². The molecule has 4 heteroatoms. The van der Waals surface area contributed by atoms with Gasteiger partial charge >= 0.3 is 0 Å². The number of nitrogens with zero attached hydrogens (tertiary/aromatic N) is 1. The van der Waals surface area contributed by atoms with Crippen LogP contribution in [0.5, 0.6) is 11.5 Å². The summed E-state index contributed by atoms with van der Waals surface area (Å²) in [7, 11) is 1.51. The van der Waals surface area contributed by atoms with E-state index in [1.54, 1.807) is 12.1 Å². The first-order chi connectivity index (χ1) is 9.24. The van der Waals surface area contributed by atoms with Crippen LogP contribution in [0.15, 0.2) is 18.2 Å². The number of rotatable bonds is 4. The molecule has 0 saturated heterocycles. The molecule has 0 spiro atoms. The number of ether oxygens (including phenoxy) is 1. The highest BCUT2D eigenvalue weighted by atomic mass is 16.5. The molecule has 1 unspecified atom stereocenters. The summed E-state index contributed by atoms with van der Waals surface area (Å²) in [5.41, 5.74) is 0.784. The van der Waals surface area contributed by atoms with Crippen molar-refractivity contribution < 1.29 is 9.84 Å². The number of benzene rings is 1. The van der Waals surface area contributed by atoms with Gasteiger partial charge in [0.1, 0.15) is 6.04 Å². The van der Waals surface area contributed by atoms with E-state index < -0.39 is 0 Å². The molecule has 1 aliphatic carbocycles. The maximum Gasteiger partial charge on any atom is 0.160 e. The Morgan fingerprint density at radius 2 is 2.11 bits per heavy atom. The fourth-order valence-corrected chi connectivity index (χ4v) is 2.60. The standard InChI is InChI=1S/C15H20N2O2/c1-19-15-8-7-11(9-14(15)18)13(10-16)17-12-5-3-2-4-6-12/h7-9,12-13,17-18H,2-6H2,1H3. The van der Waals surface area contributed by atoms with Crippen molar-refractivity contribution in [3.05, 3.63) is 23.8 Å². The van der Waals surface area contributed by atoms with Gasteiger partial charge < -0.3 is 9.84 Å². The average molecular weight is 260 g/mol. The Kier molecular flexibility index (Phi) is 4.64. The highest BCUT2D eigenvalue weighted by Gasteiger charge is 2.19. The first-order valence-electron chi connectivity index (χ1n) is 6.77. The third-order valence-corrected chi connectivity index (χ3v) is 3.67. The van der Waals surface area contributed by atoms with Gasteiger partial charge in [0.2, 0.25) is 0 Å². The smallest absolute Gasteiger partial charge is 0.160 e. The molecule has 0 bridgehead atoms. The van der Waals surface area contributed by atoms with Crippen molar-refractivity contribution in [2.24, 2.45) is 0 Å². The fourth-order valence-electron chi connectivity index (χ4n) is 2.60. The van der Waals surface area contributed by atoms with Gasteiger partial charge in [-0.25, -0.2) is 0 Å². The number of methoxy groups -OCH3 is 1. The van der Waals surface area contributed by atoms with Gasteiger partial charge in [0.05, 0.1) is 13.2 Å². The number of nitrogens with one attached hydrogen (secondary N) is 1. The summed E-state index contributed by atoms with van der Waals surface area (Å²) in [5.74, 6) is 0.504. The molecule has 1 aliphatic rings. The van der Waals surface area contributed by atoms with Crippen LogP contribution >= 0.6 is 0 Å². The monoisotopic (exact) mass is 260 g/mol. The maximum atomic E-state index is 9.78.